The van der Waals surface area contributed by atoms with Crippen molar-refractivity contribution < 1.29 is 23.9 Å². The van der Waals surface area contributed by atoms with E-state index in [0.29, 0.717) is 36.4 Å². The van der Waals surface area contributed by atoms with Gasteiger partial charge in [0.15, 0.2) is 0 Å². The number of likely N-dealkylation sites (N-methyl/N-ethyl adjacent to an activating group) is 1. The van der Waals surface area contributed by atoms with E-state index < -0.39 is 0 Å². The molecule has 2 fully saturated rings. The van der Waals surface area contributed by atoms with E-state index in [4.69, 9.17) is 9.47 Å². The van der Waals surface area contributed by atoms with Gasteiger partial charge in [0.2, 0.25) is 11.8 Å². The summed E-state index contributed by atoms with van der Waals surface area (Å²) in [5.41, 5.74) is 1.06. The molecule has 4 rings (SSSR count). The Morgan fingerprint density at radius 2 is 1.91 bits per heavy atom. The van der Waals surface area contributed by atoms with Crippen LogP contribution < -0.4 is 10.1 Å². The van der Waals surface area contributed by atoms with Crippen LogP contribution in [0.25, 0.3) is 0 Å². The highest BCUT2D eigenvalue weighted by molar-refractivity contribution is 6.00. The van der Waals surface area contributed by atoms with Crippen molar-refractivity contribution in [2.24, 2.45) is 5.92 Å². The lowest BCUT2D eigenvalue weighted by atomic mass is 9.94. The molecule has 0 aromatic heterocycles. The van der Waals surface area contributed by atoms with Crippen molar-refractivity contribution in [2.45, 2.75) is 63.2 Å². The molecular formula is C24H33N3O5. The molecule has 0 radical (unpaired) electrons. The number of carbonyl (C=O) groups is 3. The zero-order valence-electron chi connectivity index (χ0n) is 19.1. The number of nitrogens with zero attached hydrogens (tertiary/aromatic N) is 2. The molecule has 1 saturated heterocycles. The van der Waals surface area contributed by atoms with Crippen molar-refractivity contribution >= 4 is 23.4 Å². The Kier molecular flexibility index (Phi) is 6.69. The third-order valence-corrected chi connectivity index (χ3v) is 6.91. The van der Waals surface area contributed by atoms with Gasteiger partial charge in [0.05, 0.1) is 24.1 Å². The molecule has 174 valence electrons. The summed E-state index contributed by atoms with van der Waals surface area (Å²) in [5.74, 6) is 0.433. The first-order chi connectivity index (χ1) is 15.3. The zero-order chi connectivity index (χ0) is 22.8. The predicted molar refractivity (Wildman–Crippen MR) is 120 cm³/mol. The lowest BCUT2D eigenvalue weighted by molar-refractivity contribution is -0.140. The van der Waals surface area contributed by atoms with Crippen molar-refractivity contribution in [3.63, 3.8) is 0 Å². The molecule has 0 unspecified atom stereocenters. The molecule has 0 bridgehead atoms. The SMILES string of the molecule is CN(C)C(=O)C[C@H]1CC[C@H]2[C@H](COc3ccc(NC(=O)C4CCCC4)cc3C(=O)N2C)O1. The lowest BCUT2D eigenvalue weighted by Gasteiger charge is -2.42. The second kappa shape index (κ2) is 9.48. The van der Waals surface area contributed by atoms with Crippen LogP contribution >= 0.6 is 0 Å². The van der Waals surface area contributed by atoms with Crippen molar-refractivity contribution in [1.82, 2.24) is 9.80 Å². The third kappa shape index (κ3) is 4.75. The number of rotatable bonds is 4. The summed E-state index contributed by atoms with van der Waals surface area (Å²) in [6.45, 7) is 0.301. The van der Waals surface area contributed by atoms with Crippen molar-refractivity contribution in [2.75, 3.05) is 33.1 Å². The normalized spacial score (nSPS) is 25.8. The fraction of sp³-hybridized carbons (Fsp3) is 0.625. The number of ether oxygens (including phenoxy) is 2. The minimum Gasteiger partial charge on any atom is -0.490 e. The van der Waals surface area contributed by atoms with E-state index in [1.54, 1.807) is 49.1 Å². The molecule has 1 aromatic rings. The van der Waals surface area contributed by atoms with Gasteiger partial charge in [-0.15, -0.1) is 0 Å². The van der Waals surface area contributed by atoms with Crippen molar-refractivity contribution in [3.05, 3.63) is 23.8 Å². The summed E-state index contributed by atoms with van der Waals surface area (Å²) in [4.78, 5) is 41.2. The molecule has 3 atom stereocenters. The predicted octanol–water partition coefficient (Wildman–Crippen LogP) is 2.67. The van der Waals surface area contributed by atoms with Gasteiger partial charge in [0.25, 0.3) is 5.91 Å². The van der Waals surface area contributed by atoms with Crippen LogP contribution in [0, 0.1) is 5.92 Å². The van der Waals surface area contributed by atoms with E-state index in [9.17, 15) is 14.4 Å². The second-order valence-electron chi connectivity index (χ2n) is 9.34. The molecule has 0 spiro atoms. The maximum atomic E-state index is 13.3. The summed E-state index contributed by atoms with van der Waals surface area (Å²) < 4.78 is 12.2. The molecule has 8 heteroatoms. The molecule has 1 N–H and O–H groups in total. The Hall–Kier alpha value is -2.61. The average molecular weight is 444 g/mol. The van der Waals surface area contributed by atoms with E-state index in [0.717, 1.165) is 32.1 Å². The molecule has 3 aliphatic rings. The zero-order valence-corrected chi connectivity index (χ0v) is 19.1. The third-order valence-electron chi connectivity index (χ3n) is 6.91. The first-order valence-electron chi connectivity index (χ1n) is 11.5. The van der Waals surface area contributed by atoms with E-state index >= 15 is 0 Å². The van der Waals surface area contributed by atoms with Gasteiger partial charge in [-0.1, -0.05) is 12.8 Å². The first kappa shape index (κ1) is 22.6. The van der Waals surface area contributed by atoms with Gasteiger partial charge in [0, 0.05) is 32.7 Å². The molecular weight excluding hydrogens is 410 g/mol. The van der Waals surface area contributed by atoms with Gasteiger partial charge in [-0.3, -0.25) is 14.4 Å². The molecule has 3 amide bonds. The summed E-state index contributed by atoms with van der Waals surface area (Å²) in [5, 5.41) is 2.97. The number of hydrogen-bond donors (Lipinski definition) is 1. The van der Waals surface area contributed by atoms with Crippen LogP contribution in [0.2, 0.25) is 0 Å². The summed E-state index contributed by atoms with van der Waals surface area (Å²) >= 11 is 0. The molecule has 1 aromatic carbocycles. The van der Waals surface area contributed by atoms with E-state index in [1.807, 2.05) is 0 Å². The fourth-order valence-corrected chi connectivity index (χ4v) is 4.91. The number of amides is 3. The van der Waals surface area contributed by atoms with Gasteiger partial charge in [-0.25, -0.2) is 0 Å². The monoisotopic (exact) mass is 443 g/mol. The Labute approximate surface area is 189 Å². The van der Waals surface area contributed by atoms with Gasteiger partial charge >= 0.3 is 0 Å². The van der Waals surface area contributed by atoms with Crippen LogP contribution in [0.15, 0.2) is 18.2 Å². The number of fused-ring (bicyclic) bond motifs is 2. The molecule has 2 aliphatic heterocycles. The highest BCUT2D eigenvalue weighted by Gasteiger charge is 2.39. The van der Waals surface area contributed by atoms with E-state index in [2.05, 4.69) is 5.32 Å². The summed E-state index contributed by atoms with van der Waals surface area (Å²) in [7, 11) is 5.26. The average Bonchev–Trinajstić information content (AvgIpc) is 3.32. The topological polar surface area (TPSA) is 88.2 Å². The Bertz CT molecular complexity index is 880. The quantitative estimate of drug-likeness (QED) is 0.773. The van der Waals surface area contributed by atoms with Crippen LogP contribution in [-0.4, -0.2) is 73.5 Å². The standard InChI is InChI=1S/C24H33N3O5/c1-26(2)22(28)13-17-9-10-19-21(32-17)14-31-20-11-8-16(12-18(20)24(30)27(19)3)25-23(29)15-6-4-5-7-15/h8,11-12,15,17,19,21H,4-7,9-10,13-14H2,1-3H3,(H,25,29)/t17-,19+,21+/m1/s1. The van der Waals surface area contributed by atoms with Crippen molar-refractivity contribution in [3.8, 4) is 5.75 Å². The molecule has 1 aliphatic carbocycles. The lowest BCUT2D eigenvalue weighted by Crippen LogP contribution is -2.53. The van der Waals surface area contributed by atoms with Crippen molar-refractivity contribution in [1.29, 1.82) is 0 Å². The number of hydrogen-bond acceptors (Lipinski definition) is 5. The molecule has 1 saturated carbocycles. The van der Waals surface area contributed by atoms with Gasteiger partial charge < -0.3 is 24.6 Å². The largest absolute Gasteiger partial charge is 0.490 e. The van der Waals surface area contributed by atoms with Gasteiger partial charge in [0.1, 0.15) is 18.5 Å². The highest BCUT2D eigenvalue weighted by atomic mass is 16.5. The molecule has 32 heavy (non-hydrogen) atoms. The van der Waals surface area contributed by atoms with Crippen LogP contribution in [0.1, 0.15) is 55.3 Å². The van der Waals surface area contributed by atoms with Crippen LogP contribution in [-0.2, 0) is 14.3 Å². The Morgan fingerprint density at radius 1 is 1.16 bits per heavy atom. The maximum absolute atomic E-state index is 13.3. The van der Waals surface area contributed by atoms with Gasteiger partial charge in [-0.05, 0) is 43.9 Å². The van der Waals surface area contributed by atoms with Gasteiger partial charge in [-0.2, -0.15) is 0 Å². The molecule has 2 heterocycles. The first-order valence-corrected chi connectivity index (χ1v) is 11.5. The number of anilines is 1. The highest BCUT2D eigenvalue weighted by Crippen LogP contribution is 2.33. The maximum Gasteiger partial charge on any atom is 0.257 e. The van der Waals surface area contributed by atoms with Crippen LogP contribution in [0.5, 0.6) is 5.75 Å². The number of benzene rings is 1. The second-order valence-corrected chi connectivity index (χ2v) is 9.34. The Morgan fingerprint density at radius 3 is 2.62 bits per heavy atom. The number of nitrogens with one attached hydrogen (secondary N) is 1. The van der Waals surface area contributed by atoms with Crippen LogP contribution in [0.3, 0.4) is 0 Å². The smallest absolute Gasteiger partial charge is 0.257 e. The Balaban J connectivity index is 1.48. The van der Waals surface area contributed by atoms with Crippen LogP contribution in [0.4, 0.5) is 5.69 Å². The number of carbonyl (C=O) groups excluding carboxylic acids is 3. The minimum atomic E-state index is -0.299. The summed E-state index contributed by atoms with van der Waals surface area (Å²) in [6.07, 6.45) is 5.34. The van der Waals surface area contributed by atoms with E-state index in [1.165, 1.54) is 0 Å². The minimum absolute atomic E-state index is 0.0223. The fourth-order valence-electron chi connectivity index (χ4n) is 4.91. The van der Waals surface area contributed by atoms with E-state index in [-0.39, 0.29) is 41.9 Å². The molecule has 8 nitrogen and oxygen atoms in total. The summed E-state index contributed by atoms with van der Waals surface area (Å²) in [6, 6.07) is 5.10.